The second-order valence-corrected chi connectivity index (χ2v) is 3.30. The average Bonchev–Trinajstić information content (AvgIpc) is 2.00. The highest BCUT2D eigenvalue weighted by Crippen LogP contribution is 2.06. The van der Waals surface area contributed by atoms with Crippen molar-refractivity contribution in [2.75, 3.05) is 6.61 Å². The van der Waals surface area contributed by atoms with Crippen molar-refractivity contribution in [3.05, 3.63) is 24.3 Å². The lowest BCUT2D eigenvalue weighted by atomic mass is 10.0. The van der Waals surface area contributed by atoms with Crippen LogP contribution in [0.1, 0.15) is 20.3 Å². The van der Waals surface area contributed by atoms with E-state index in [-0.39, 0.29) is 12.5 Å². The minimum Gasteiger partial charge on any atom is -0.396 e. The van der Waals surface area contributed by atoms with Crippen LogP contribution < -0.4 is 0 Å². The third kappa shape index (κ3) is 6.13. The fourth-order valence-electron chi connectivity index (χ4n) is 0.841. The van der Waals surface area contributed by atoms with Crippen molar-refractivity contribution in [1.29, 1.82) is 0 Å². The van der Waals surface area contributed by atoms with Crippen LogP contribution >= 0.6 is 0 Å². The van der Waals surface area contributed by atoms with Gasteiger partial charge in [-0.05, 0) is 19.3 Å². The molecule has 0 amide bonds. The summed E-state index contributed by atoms with van der Waals surface area (Å²) in [7, 11) is 0. The van der Waals surface area contributed by atoms with Crippen LogP contribution in [0.15, 0.2) is 24.3 Å². The van der Waals surface area contributed by atoms with E-state index in [2.05, 4.69) is 6.58 Å². The Morgan fingerprint density at radius 2 is 2.17 bits per heavy atom. The van der Waals surface area contributed by atoms with E-state index in [9.17, 15) is 5.11 Å². The maximum absolute atomic E-state index is 9.36. The Morgan fingerprint density at radius 3 is 2.58 bits per heavy atom. The largest absolute Gasteiger partial charge is 0.396 e. The van der Waals surface area contributed by atoms with E-state index in [1.807, 2.05) is 13.8 Å². The number of hydrogen-bond acceptors (Lipinski definition) is 2. The first kappa shape index (κ1) is 11.4. The van der Waals surface area contributed by atoms with Gasteiger partial charge in [-0.15, -0.1) is 0 Å². The van der Waals surface area contributed by atoms with E-state index in [0.29, 0.717) is 6.42 Å². The molecule has 2 N–H and O–H groups in total. The summed E-state index contributed by atoms with van der Waals surface area (Å²) < 4.78 is 0. The molecule has 2 unspecified atom stereocenters. The van der Waals surface area contributed by atoms with Crippen LogP contribution in [0.3, 0.4) is 0 Å². The van der Waals surface area contributed by atoms with Gasteiger partial charge in [0.05, 0.1) is 6.10 Å². The van der Waals surface area contributed by atoms with Gasteiger partial charge in [0.15, 0.2) is 0 Å². The molecule has 0 saturated heterocycles. The second kappa shape index (κ2) is 5.98. The summed E-state index contributed by atoms with van der Waals surface area (Å²) >= 11 is 0. The number of aliphatic hydroxyl groups excluding tert-OH is 2. The summed E-state index contributed by atoms with van der Waals surface area (Å²) in [6, 6.07) is 0. The van der Waals surface area contributed by atoms with Gasteiger partial charge in [-0.25, -0.2) is 0 Å². The molecule has 0 radical (unpaired) electrons. The van der Waals surface area contributed by atoms with Crippen molar-refractivity contribution in [2.45, 2.75) is 26.4 Å². The highest BCUT2D eigenvalue weighted by molar-refractivity contribution is 5.12. The third-order valence-electron chi connectivity index (χ3n) is 1.56. The van der Waals surface area contributed by atoms with Crippen LogP contribution in [-0.4, -0.2) is 22.9 Å². The monoisotopic (exact) mass is 170 g/mol. The Bertz CT molecular complexity index is 161. The summed E-state index contributed by atoms with van der Waals surface area (Å²) in [4.78, 5) is 0. The predicted molar refractivity (Wildman–Crippen MR) is 50.8 cm³/mol. The molecule has 0 aromatic carbocycles. The minimum atomic E-state index is -0.469. The molecular formula is C10H18O2. The second-order valence-electron chi connectivity index (χ2n) is 3.30. The first-order valence-corrected chi connectivity index (χ1v) is 4.19. The topological polar surface area (TPSA) is 40.5 Å². The predicted octanol–water partition coefficient (Wildman–Crippen LogP) is 1.50. The lowest BCUT2D eigenvalue weighted by Gasteiger charge is -2.10. The van der Waals surface area contributed by atoms with Crippen molar-refractivity contribution in [3.63, 3.8) is 0 Å². The van der Waals surface area contributed by atoms with Crippen LogP contribution in [0.25, 0.3) is 0 Å². The maximum Gasteiger partial charge on any atom is 0.0727 e. The van der Waals surface area contributed by atoms with E-state index in [1.54, 1.807) is 12.2 Å². The normalized spacial score (nSPS) is 16.3. The molecule has 0 rings (SSSR count). The van der Waals surface area contributed by atoms with Gasteiger partial charge in [-0.1, -0.05) is 31.2 Å². The molecular weight excluding hydrogens is 152 g/mol. The Balaban J connectivity index is 3.72. The molecule has 2 heteroatoms. The Kier molecular flexibility index (Phi) is 5.68. The van der Waals surface area contributed by atoms with Gasteiger partial charge in [0.25, 0.3) is 0 Å². The molecule has 0 aliphatic rings. The van der Waals surface area contributed by atoms with Gasteiger partial charge in [-0.2, -0.15) is 0 Å². The Hall–Kier alpha value is -0.600. The molecule has 12 heavy (non-hydrogen) atoms. The summed E-state index contributed by atoms with van der Waals surface area (Å²) in [5, 5.41) is 18.1. The van der Waals surface area contributed by atoms with Crippen molar-refractivity contribution in [1.82, 2.24) is 0 Å². The summed E-state index contributed by atoms with van der Waals surface area (Å²) in [6.07, 6.45) is 3.62. The van der Waals surface area contributed by atoms with Crippen molar-refractivity contribution in [3.8, 4) is 0 Å². The molecule has 2 nitrogen and oxygen atoms in total. The highest BCUT2D eigenvalue weighted by Gasteiger charge is 2.05. The summed E-state index contributed by atoms with van der Waals surface area (Å²) in [5.41, 5.74) is 0.922. The first-order chi connectivity index (χ1) is 5.56. The molecule has 70 valence electrons. The van der Waals surface area contributed by atoms with Gasteiger partial charge in [0.1, 0.15) is 0 Å². The minimum absolute atomic E-state index is 0.123. The van der Waals surface area contributed by atoms with Crippen LogP contribution in [0.2, 0.25) is 0 Å². The van der Waals surface area contributed by atoms with Crippen LogP contribution in [-0.2, 0) is 0 Å². The molecule has 0 aromatic rings. The summed E-state index contributed by atoms with van der Waals surface area (Å²) in [6.45, 7) is 7.58. The standard InChI is InChI=1S/C10H18O2/c1-8(2)4-5-10(12)6-9(3)7-11/h4-5,9-12H,1,6-7H2,2-3H3. The summed E-state index contributed by atoms with van der Waals surface area (Å²) in [5.74, 6) is 0.148. The van der Waals surface area contributed by atoms with Crippen LogP contribution in [0, 0.1) is 5.92 Å². The SMILES string of the molecule is C=C(C)C=CC(O)CC(C)CO. The van der Waals surface area contributed by atoms with E-state index >= 15 is 0 Å². The van der Waals surface area contributed by atoms with Gasteiger partial charge < -0.3 is 10.2 Å². The van der Waals surface area contributed by atoms with Crippen molar-refractivity contribution < 1.29 is 10.2 Å². The number of aliphatic hydroxyl groups is 2. The van der Waals surface area contributed by atoms with Gasteiger partial charge in [-0.3, -0.25) is 0 Å². The maximum atomic E-state index is 9.36. The Morgan fingerprint density at radius 1 is 1.58 bits per heavy atom. The Labute approximate surface area is 74.2 Å². The smallest absolute Gasteiger partial charge is 0.0727 e. The number of allylic oxidation sites excluding steroid dienone is 2. The lowest BCUT2D eigenvalue weighted by Crippen LogP contribution is -2.11. The third-order valence-corrected chi connectivity index (χ3v) is 1.56. The zero-order valence-corrected chi connectivity index (χ0v) is 7.83. The van der Waals surface area contributed by atoms with Crippen molar-refractivity contribution in [2.24, 2.45) is 5.92 Å². The molecule has 2 atom stereocenters. The van der Waals surface area contributed by atoms with Gasteiger partial charge in [0.2, 0.25) is 0 Å². The van der Waals surface area contributed by atoms with Gasteiger partial charge >= 0.3 is 0 Å². The zero-order chi connectivity index (χ0) is 9.56. The molecule has 0 aliphatic heterocycles. The van der Waals surface area contributed by atoms with Crippen LogP contribution in [0.5, 0.6) is 0 Å². The van der Waals surface area contributed by atoms with E-state index in [0.717, 1.165) is 5.57 Å². The number of hydrogen-bond donors (Lipinski definition) is 2. The molecule has 0 spiro atoms. The van der Waals surface area contributed by atoms with Crippen molar-refractivity contribution >= 4 is 0 Å². The van der Waals surface area contributed by atoms with E-state index < -0.39 is 6.10 Å². The first-order valence-electron chi connectivity index (χ1n) is 4.19. The fraction of sp³-hybridized carbons (Fsp3) is 0.600. The van der Waals surface area contributed by atoms with E-state index in [4.69, 9.17) is 5.11 Å². The highest BCUT2D eigenvalue weighted by atomic mass is 16.3. The molecule has 0 fully saturated rings. The lowest BCUT2D eigenvalue weighted by molar-refractivity contribution is 0.154. The quantitative estimate of drug-likeness (QED) is 0.614. The van der Waals surface area contributed by atoms with Crippen LogP contribution in [0.4, 0.5) is 0 Å². The van der Waals surface area contributed by atoms with E-state index in [1.165, 1.54) is 0 Å². The van der Waals surface area contributed by atoms with Gasteiger partial charge in [0, 0.05) is 6.61 Å². The molecule has 0 heterocycles. The fourth-order valence-corrected chi connectivity index (χ4v) is 0.841. The molecule has 0 aliphatic carbocycles. The molecule has 0 aromatic heterocycles. The molecule has 0 saturated carbocycles. The molecule has 0 bridgehead atoms. The number of rotatable bonds is 5. The average molecular weight is 170 g/mol. The zero-order valence-electron chi connectivity index (χ0n) is 7.83.